The molecule has 2 aromatic rings. The van der Waals surface area contributed by atoms with Gasteiger partial charge in [-0.2, -0.15) is 10.3 Å². The fourth-order valence-corrected chi connectivity index (χ4v) is 4.86. The molecule has 0 saturated carbocycles. The smallest absolute Gasteiger partial charge is 0.338 e. The number of likely N-dealkylation sites (tertiary alicyclic amines) is 1. The van der Waals surface area contributed by atoms with Crippen molar-refractivity contribution < 1.29 is 19.1 Å². The van der Waals surface area contributed by atoms with Crippen LogP contribution in [0, 0.1) is 11.3 Å². The van der Waals surface area contributed by atoms with Gasteiger partial charge in [-0.05, 0) is 55.2 Å². The number of rotatable bonds is 6. The number of nitrogens with one attached hydrogen (secondary N) is 1. The molecule has 0 spiro atoms. The van der Waals surface area contributed by atoms with E-state index in [9.17, 15) is 14.4 Å². The number of amides is 2. The highest BCUT2D eigenvalue weighted by molar-refractivity contribution is 8.15. The van der Waals surface area contributed by atoms with E-state index in [1.54, 1.807) is 42.5 Å². The number of amidine groups is 1. The number of hydrogen-bond donors (Lipinski definition) is 1. The maximum absolute atomic E-state index is 12.6. The van der Waals surface area contributed by atoms with Crippen molar-refractivity contribution in [3.8, 4) is 6.07 Å². The first-order chi connectivity index (χ1) is 16.5. The second-order valence-electron chi connectivity index (χ2n) is 8.10. The van der Waals surface area contributed by atoms with E-state index in [-0.39, 0.29) is 24.8 Å². The summed E-state index contributed by atoms with van der Waals surface area (Å²) in [5.41, 5.74) is 2.05. The number of anilines is 1. The Labute approximate surface area is 202 Å². The Bertz CT molecular complexity index is 1150. The van der Waals surface area contributed by atoms with Gasteiger partial charge in [-0.1, -0.05) is 30.0 Å². The van der Waals surface area contributed by atoms with Crippen LogP contribution in [0.1, 0.15) is 47.2 Å². The van der Waals surface area contributed by atoms with Crippen LogP contribution < -0.4 is 5.32 Å². The average Bonchev–Trinajstić information content (AvgIpc) is 3.23. The minimum atomic E-state index is -0.530. The second-order valence-corrected chi connectivity index (χ2v) is 9.27. The van der Waals surface area contributed by atoms with Crippen molar-refractivity contribution in [1.29, 1.82) is 5.26 Å². The molecule has 0 aliphatic carbocycles. The number of nitrogens with zero attached hydrogens (tertiary/aromatic N) is 3. The Hall–Kier alpha value is -3.64. The fourth-order valence-electron chi connectivity index (χ4n) is 3.74. The summed E-state index contributed by atoms with van der Waals surface area (Å²) >= 11 is 1.35. The van der Waals surface area contributed by atoms with E-state index in [0.29, 0.717) is 16.8 Å². The van der Waals surface area contributed by atoms with Crippen molar-refractivity contribution in [2.45, 2.75) is 37.5 Å². The molecule has 34 heavy (non-hydrogen) atoms. The normalized spacial score (nSPS) is 17.6. The van der Waals surface area contributed by atoms with Crippen LogP contribution in [0.4, 0.5) is 5.69 Å². The molecule has 174 valence electrons. The standard InChI is InChI=1S/C25H24N4O4S/c26-15-17-7-9-18(10-8-17)16-33-24(32)19-5-4-6-20(13-19)27-22(30)14-21-23(31)28-25(34-21)29-11-2-1-3-12-29/h4-10,13,21H,1-3,11-12,14,16H2,(H,27,30). The van der Waals surface area contributed by atoms with Gasteiger partial charge in [0.25, 0.3) is 5.91 Å². The molecule has 1 fully saturated rings. The predicted octanol–water partition coefficient (Wildman–Crippen LogP) is 3.73. The Morgan fingerprint density at radius 2 is 1.91 bits per heavy atom. The minimum absolute atomic E-state index is 0.0116. The number of nitriles is 1. The molecule has 2 aliphatic rings. The van der Waals surface area contributed by atoms with Crippen LogP contribution in [0.5, 0.6) is 0 Å². The first kappa shape index (κ1) is 23.5. The van der Waals surface area contributed by atoms with Crippen molar-refractivity contribution in [2.24, 2.45) is 4.99 Å². The van der Waals surface area contributed by atoms with Crippen molar-refractivity contribution >= 4 is 40.4 Å². The molecule has 2 heterocycles. The summed E-state index contributed by atoms with van der Waals surface area (Å²) in [7, 11) is 0. The van der Waals surface area contributed by atoms with Crippen LogP contribution in [0.3, 0.4) is 0 Å². The molecule has 2 aliphatic heterocycles. The zero-order chi connectivity index (χ0) is 23.9. The predicted molar refractivity (Wildman–Crippen MR) is 129 cm³/mol. The largest absolute Gasteiger partial charge is 0.457 e. The molecule has 8 nitrogen and oxygen atoms in total. The molecule has 1 unspecified atom stereocenters. The zero-order valence-electron chi connectivity index (χ0n) is 18.5. The maximum atomic E-state index is 12.6. The lowest BCUT2D eigenvalue weighted by atomic mass is 10.1. The van der Waals surface area contributed by atoms with Gasteiger partial charge in [0.2, 0.25) is 5.91 Å². The van der Waals surface area contributed by atoms with Crippen molar-refractivity contribution in [3.63, 3.8) is 0 Å². The highest BCUT2D eigenvalue weighted by Gasteiger charge is 2.33. The summed E-state index contributed by atoms with van der Waals surface area (Å²) in [6, 6.07) is 15.3. The molecular formula is C25H24N4O4S. The van der Waals surface area contributed by atoms with Crippen molar-refractivity contribution in [2.75, 3.05) is 18.4 Å². The number of carbonyl (C=O) groups excluding carboxylic acids is 3. The van der Waals surface area contributed by atoms with E-state index in [1.165, 1.54) is 24.2 Å². The first-order valence-electron chi connectivity index (χ1n) is 11.1. The lowest BCUT2D eigenvalue weighted by molar-refractivity contribution is -0.121. The second kappa shape index (κ2) is 11.0. The van der Waals surface area contributed by atoms with Crippen LogP contribution >= 0.6 is 11.8 Å². The Balaban J connectivity index is 1.28. The molecule has 2 aromatic carbocycles. The highest BCUT2D eigenvalue weighted by atomic mass is 32.2. The summed E-state index contributed by atoms with van der Waals surface area (Å²) in [5.74, 6) is -1.12. The van der Waals surface area contributed by atoms with Crippen LogP contribution in [-0.4, -0.2) is 46.2 Å². The molecule has 1 N–H and O–H groups in total. The Morgan fingerprint density at radius 1 is 1.15 bits per heavy atom. The number of hydrogen-bond acceptors (Lipinski definition) is 7. The molecule has 4 rings (SSSR count). The number of ether oxygens (including phenoxy) is 1. The Morgan fingerprint density at radius 3 is 2.65 bits per heavy atom. The number of thioether (sulfide) groups is 1. The SMILES string of the molecule is N#Cc1ccc(COC(=O)c2cccc(NC(=O)CC3SC(N4CCCCC4)=NC3=O)c2)cc1. The van der Waals surface area contributed by atoms with Crippen molar-refractivity contribution in [1.82, 2.24) is 4.90 Å². The summed E-state index contributed by atoms with van der Waals surface area (Å²) < 4.78 is 5.34. The summed E-state index contributed by atoms with van der Waals surface area (Å²) in [6.07, 6.45) is 3.38. The summed E-state index contributed by atoms with van der Waals surface area (Å²) in [5, 5.41) is 11.8. The maximum Gasteiger partial charge on any atom is 0.338 e. The monoisotopic (exact) mass is 476 g/mol. The van der Waals surface area contributed by atoms with Crippen LogP contribution in [0.15, 0.2) is 53.5 Å². The van der Waals surface area contributed by atoms with Gasteiger partial charge in [-0.25, -0.2) is 4.79 Å². The first-order valence-corrected chi connectivity index (χ1v) is 12.0. The van der Waals surface area contributed by atoms with Gasteiger partial charge in [-0.15, -0.1) is 0 Å². The van der Waals surface area contributed by atoms with Gasteiger partial charge in [0.05, 0.1) is 17.2 Å². The lowest BCUT2D eigenvalue weighted by Crippen LogP contribution is -2.33. The van der Waals surface area contributed by atoms with Gasteiger partial charge >= 0.3 is 5.97 Å². The molecule has 0 bridgehead atoms. The van der Waals surface area contributed by atoms with E-state index < -0.39 is 11.2 Å². The number of aliphatic imine (C=N–C) groups is 1. The van der Waals surface area contributed by atoms with Gasteiger partial charge in [0, 0.05) is 25.2 Å². The quantitative estimate of drug-likeness (QED) is 0.632. The molecule has 0 aromatic heterocycles. The van der Waals surface area contributed by atoms with Gasteiger partial charge < -0.3 is 15.0 Å². The fraction of sp³-hybridized carbons (Fsp3) is 0.320. The number of piperidine rings is 1. The molecule has 0 radical (unpaired) electrons. The minimum Gasteiger partial charge on any atom is -0.457 e. The van der Waals surface area contributed by atoms with Gasteiger partial charge in [0.1, 0.15) is 11.9 Å². The highest BCUT2D eigenvalue weighted by Crippen LogP contribution is 2.29. The number of benzene rings is 2. The van der Waals surface area contributed by atoms with Crippen LogP contribution in [0.25, 0.3) is 0 Å². The van der Waals surface area contributed by atoms with E-state index in [1.807, 2.05) is 6.07 Å². The van der Waals surface area contributed by atoms with Crippen LogP contribution in [0.2, 0.25) is 0 Å². The molecule has 1 atom stereocenters. The average molecular weight is 477 g/mol. The van der Waals surface area contributed by atoms with Gasteiger partial charge in [0.15, 0.2) is 5.17 Å². The third-order valence-electron chi connectivity index (χ3n) is 5.56. The van der Waals surface area contributed by atoms with Crippen LogP contribution in [-0.2, 0) is 20.9 Å². The van der Waals surface area contributed by atoms with E-state index in [2.05, 4.69) is 15.2 Å². The lowest BCUT2D eigenvalue weighted by Gasteiger charge is -2.27. The third kappa shape index (κ3) is 6.02. The van der Waals surface area contributed by atoms with Gasteiger partial charge in [-0.3, -0.25) is 9.59 Å². The van der Waals surface area contributed by atoms with E-state index >= 15 is 0 Å². The Kier molecular flexibility index (Phi) is 7.60. The zero-order valence-corrected chi connectivity index (χ0v) is 19.3. The van der Waals surface area contributed by atoms with Crippen molar-refractivity contribution in [3.05, 3.63) is 65.2 Å². The molecule has 9 heteroatoms. The molecular weight excluding hydrogens is 452 g/mol. The van der Waals surface area contributed by atoms with E-state index in [4.69, 9.17) is 10.00 Å². The number of esters is 1. The number of carbonyl (C=O) groups is 3. The molecule has 2 amide bonds. The summed E-state index contributed by atoms with van der Waals surface area (Å²) in [6.45, 7) is 1.86. The third-order valence-corrected chi connectivity index (χ3v) is 6.77. The molecule has 1 saturated heterocycles. The van der Waals surface area contributed by atoms with E-state index in [0.717, 1.165) is 36.7 Å². The topological polar surface area (TPSA) is 112 Å². The summed E-state index contributed by atoms with van der Waals surface area (Å²) in [4.78, 5) is 43.6.